The van der Waals surface area contributed by atoms with Gasteiger partial charge < -0.3 is 9.80 Å². The molecule has 1 aliphatic heterocycles. The molecule has 1 aromatic carbocycles. The largest absolute Gasteiger partial charge is 0.339 e. The molecule has 2 amide bonds. The second-order valence-corrected chi connectivity index (χ2v) is 6.66. The van der Waals surface area contributed by atoms with Crippen LogP contribution in [0.4, 0.5) is 0 Å². The fourth-order valence-electron chi connectivity index (χ4n) is 3.28. The zero-order valence-corrected chi connectivity index (χ0v) is 13.4. The first-order valence-corrected chi connectivity index (χ1v) is 8.20. The van der Waals surface area contributed by atoms with Crippen molar-refractivity contribution in [2.24, 2.45) is 11.8 Å². The third kappa shape index (κ3) is 3.01. The van der Waals surface area contributed by atoms with E-state index in [0.29, 0.717) is 32.1 Å². The van der Waals surface area contributed by atoms with E-state index in [0.717, 1.165) is 6.42 Å². The molecule has 0 aromatic heterocycles. The summed E-state index contributed by atoms with van der Waals surface area (Å²) in [4.78, 5) is 28.4. The van der Waals surface area contributed by atoms with Crippen molar-refractivity contribution in [3.8, 4) is 0 Å². The fraction of sp³-hybridized carbons (Fsp3) is 0.556. The summed E-state index contributed by atoms with van der Waals surface area (Å²) in [5.41, 5.74) is 1.27. The molecule has 4 heteroatoms. The molecule has 118 valence electrons. The van der Waals surface area contributed by atoms with Crippen LogP contribution in [0.1, 0.15) is 31.7 Å². The second kappa shape index (κ2) is 6.11. The Balaban J connectivity index is 1.52. The van der Waals surface area contributed by atoms with Crippen LogP contribution in [0, 0.1) is 11.8 Å². The molecule has 2 aliphatic rings. The van der Waals surface area contributed by atoms with Gasteiger partial charge >= 0.3 is 0 Å². The van der Waals surface area contributed by atoms with E-state index in [4.69, 9.17) is 0 Å². The van der Waals surface area contributed by atoms with E-state index in [2.05, 4.69) is 12.1 Å². The van der Waals surface area contributed by atoms with E-state index in [1.807, 2.05) is 41.8 Å². The number of carbonyl (C=O) groups is 2. The van der Waals surface area contributed by atoms with Crippen LogP contribution in [0.2, 0.25) is 0 Å². The van der Waals surface area contributed by atoms with Crippen molar-refractivity contribution in [2.45, 2.75) is 26.2 Å². The lowest BCUT2D eigenvalue weighted by atomic mass is 10.1. The van der Waals surface area contributed by atoms with Crippen molar-refractivity contribution < 1.29 is 9.59 Å². The Hall–Kier alpha value is -1.84. The number of carbonyl (C=O) groups excluding carboxylic acids is 2. The number of hydrogen-bond donors (Lipinski definition) is 0. The highest BCUT2D eigenvalue weighted by Crippen LogP contribution is 2.48. The van der Waals surface area contributed by atoms with Gasteiger partial charge in [0.1, 0.15) is 0 Å². The van der Waals surface area contributed by atoms with Gasteiger partial charge in [0.05, 0.1) is 0 Å². The number of piperazine rings is 1. The van der Waals surface area contributed by atoms with Crippen molar-refractivity contribution in [3.63, 3.8) is 0 Å². The normalized spacial score (nSPS) is 24.5. The van der Waals surface area contributed by atoms with Gasteiger partial charge in [0.2, 0.25) is 11.8 Å². The van der Waals surface area contributed by atoms with Gasteiger partial charge in [-0.3, -0.25) is 9.59 Å². The van der Waals surface area contributed by atoms with Crippen LogP contribution >= 0.6 is 0 Å². The molecule has 1 aromatic rings. The van der Waals surface area contributed by atoms with Gasteiger partial charge in [-0.05, 0) is 17.9 Å². The van der Waals surface area contributed by atoms with E-state index in [9.17, 15) is 9.59 Å². The van der Waals surface area contributed by atoms with Gasteiger partial charge in [-0.2, -0.15) is 0 Å². The Labute approximate surface area is 132 Å². The van der Waals surface area contributed by atoms with Gasteiger partial charge in [-0.25, -0.2) is 0 Å². The maximum atomic E-state index is 12.6. The molecule has 4 nitrogen and oxygen atoms in total. The highest BCUT2D eigenvalue weighted by atomic mass is 16.2. The minimum Gasteiger partial charge on any atom is -0.339 e. The van der Waals surface area contributed by atoms with Crippen LogP contribution in [0.5, 0.6) is 0 Å². The van der Waals surface area contributed by atoms with E-state index >= 15 is 0 Å². The van der Waals surface area contributed by atoms with Crippen molar-refractivity contribution in [1.29, 1.82) is 0 Å². The molecule has 22 heavy (non-hydrogen) atoms. The van der Waals surface area contributed by atoms with Crippen LogP contribution in [0.25, 0.3) is 0 Å². The predicted octanol–water partition coefficient (Wildman–Crippen LogP) is 2.12. The van der Waals surface area contributed by atoms with Crippen molar-refractivity contribution in [1.82, 2.24) is 9.80 Å². The average molecular weight is 300 g/mol. The SMILES string of the molecule is CC(C)C(=O)N1CCN(C(=O)C2CC2c2ccccc2)CC1. The summed E-state index contributed by atoms with van der Waals surface area (Å²) in [5.74, 6) is 1.04. The molecule has 0 radical (unpaired) electrons. The van der Waals surface area contributed by atoms with E-state index in [-0.39, 0.29) is 23.7 Å². The van der Waals surface area contributed by atoms with Crippen LogP contribution in [-0.2, 0) is 9.59 Å². The summed E-state index contributed by atoms with van der Waals surface area (Å²) in [6.07, 6.45) is 0.966. The molecule has 1 heterocycles. The monoisotopic (exact) mass is 300 g/mol. The van der Waals surface area contributed by atoms with Crippen LogP contribution in [0.3, 0.4) is 0 Å². The molecule has 0 N–H and O–H groups in total. The molecule has 2 fully saturated rings. The standard InChI is InChI=1S/C18H24N2O2/c1-13(2)17(21)19-8-10-20(11-9-19)18(22)16-12-15(16)14-6-4-3-5-7-14/h3-7,13,15-16H,8-12H2,1-2H3. The maximum absolute atomic E-state index is 12.6. The zero-order chi connectivity index (χ0) is 15.7. The molecule has 1 saturated carbocycles. The molecule has 2 atom stereocenters. The van der Waals surface area contributed by atoms with Gasteiger partial charge in [-0.1, -0.05) is 44.2 Å². The third-order valence-electron chi connectivity index (χ3n) is 4.73. The van der Waals surface area contributed by atoms with Crippen LogP contribution in [-0.4, -0.2) is 47.8 Å². The van der Waals surface area contributed by atoms with Gasteiger partial charge in [0, 0.05) is 38.0 Å². The highest BCUT2D eigenvalue weighted by Gasteiger charge is 2.46. The second-order valence-electron chi connectivity index (χ2n) is 6.66. The molecule has 1 saturated heterocycles. The molecular formula is C18H24N2O2. The number of amides is 2. The molecule has 1 aliphatic carbocycles. The van der Waals surface area contributed by atoms with Crippen LogP contribution in [0.15, 0.2) is 30.3 Å². The molecular weight excluding hydrogens is 276 g/mol. The lowest BCUT2D eigenvalue weighted by molar-refractivity contribution is -0.142. The summed E-state index contributed by atoms with van der Waals surface area (Å²) in [6, 6.07) is 10.3. The van der Waals surface area contributed by atoms with E-state index < -0.39 is 0 Å². The van der Waals surface area contributed by atoms with E-state index in [1.165, 1.54) is 5.56 Å². The summed E-state index contributed by atoms with van der Waals surface area (Å²) < 4.78 is 0. The maximum Gasteiger partial charge on any atom is 0.226 e. The highest BCUT2D eigenvalue weighted by molar-refractivity contribution is 5.83. The predicted molar refractivity (Wildman–Crippen MR) is 85.3 cm³/mol. The first kappa shape index (κ1) is 15.1. The number of rotatable bonds is 3. The summed E-state index contributed by atoms with van der Waals surface area (Å²) >= 11 is 0. The Kier molecular flexibility index (Phi) is 4.19. The zero-order valence-electron chi connectivity index (χ0n) is 13.4. The quantitative estimate of drug-likeness (QED) is 0.858. The minimum absolute atomic E-state index is 0.0353. The Morgan fingerprint density at radius 1 is 1.00 bits per heavy atom. The first-order chi connectivity index (χ1) is 10.6. The molecule has 0 spiro atoms. The number of hydrogen-bond acceptors (Lipinski definition) is 2. The third-order valence-corrected chi connectivity index (χ3v) is 4.73. The Bertz CT molecular complexity index is 547. The fourth-order valence-corrected chi connectivity index (χ4v) is 3.28. The average Bonchev–Trinajstić information content (AvgIpc) is 3.35. The number of nitrogens with zero attached hydrogens (tertiary/aromatic N) is 2. The lowest BCUT2D eigenvalue weighted by Crippen LogP contribution is -2.52. The lowest BCUT2D eigenvalue weighted by Gasteiger charge is -2.35. The Morgan fingerprint density at radius 3 is 2.18 bits per heavy atom. The van der Waals surface area contributed by atoms with Gasteiger partial charge in [-0.15, -0.1) is 0 Å². The van der Waals surface area contributed by atoms with E-state index in [1.54, 1.807) is 0 Å². The van der Waals surface area contributed by atoms with Crippen molar-refractivity contribution in [2.75, 3.05) is 26.2 Å². The Morgan fingerprint density at radius 2 is 1.59 bits per heavy atom. The smallest absolute Gasteiger partial charge is 0.226 e. The molecule has 3 rings (SSSR count). The van der Waals surface area contributed by atoms with Crippen molar-refractivity contribution >= 4 is 11.8 Å². The minimum atomic E-state index is 0.0353. The summed E-state index contributed by atoms with van der Waals surface area (Å²) in [5, 5.41) is 0. The number of benzene rings is 1. The van der Waals surface area contributed by atoms with Gasteiger partial charge in [0.25, 0.3) is 0 Å². The summed E-state index contributed by atoms with van der Waals surface area (Å²) in [6.45, 7) is 6.55. The van der Waals surface area contributed by atoms with Crippen LogP contribution < -0.4 is 0 Å². The van der Waals surface area contributed by atoms with Gasteiger partial charge in [0.15, 0.2) is 0 Å². The molecule has 0 bridgehead atoms. The van der Waals surface area contributed by atoms with Crippen molar-refractivity contribution in [3.05, 3.63) is 35.9 Å². The molecule has 2 unspecified atom stereocenters. The first-order valence-electron chi connectivity index (χ1n) is 8.20. The topological polar surface area (TPSA) is 40.6 Å². The summed E-state index contributed by atoms with van der Waals surface area (Å²) in [7, 11) is 0.